The van der Waals surface area contributed by atoms with Crippen LogP contribution in [-0.4, -0.2) is 59.4 Å². The second-order valence-corrected chi connectivity index (χ2v) is 10.1. The van der Waals surface area contributed by atoms with Crippen LogP contribution in [0.2, 0.25) is 0 Å². The van der Waals surface area contributed by atoms with E-state index in [1.54, 1.807) is 15.9 Å². The summed E-state index contributed by atoms with van der Waals surface area (Å²) in [6.45, 7) is 9.04. The number of ether oxygens (including phenoxy) is 1. The Morgan fingerprint density at radius 1 is 1.43 bits per heavy atom. The third-order valence-corrected chi connectivity index (χ3v) is 8.10. The molecule has 1 fully saturated rings. The predicted octanol–water partition coefficient (Wildman–Crippen LogP) is 0.971. The molecular weight excluding hydrogens is 394 g/mol. The predicted molar refractivity (Wildman–Crippen MR) is 114 cm³/mol. The number of thioether (sulfide) groups is 1. The smallest absolute Gasteiger partial charge is 0.263 e. The van der Waals surface area contributed by atoms with Gasteiger partial charge < -0.3 is 14.7 Å². The molecule has 8 heteroatoms. The molecule has 0 radical (unpaired) electrons. The van der Waals surface area contributed by atoms with E-state index in [9.17, 15) is 9.90 Å². The zero-order valence-electron chi connectivity index (χ0n) is 16.7. The van der Waals surface area contributed by atoms with E-state index < -0.39 is 6.10 Å². The molecule has 6 nitrogen and oxygen atoms in total. The Labute approximate surface area is 173 Å². The van der Waals surface area contributed by atoms with Gasteiger partial charge in [0.05, 0.1) is 18.6 Å². The number of nitrogens with one attached hydrogen (secondary N) is 1. The molecular formula is C20H30N3O3S2+. The molecule has 1 aliphatic carbocycles. The second-order valence-electron chi connectivity index (χ2n) is 8.01. The molecule has 1 aliphatic heterocycles. The number of thiophene rings is 1. The lowest BCUT2D eigenvalue weighted by Gasteiger charge is -2.25. The van der Waals surface area contributed by atoms with Crippen molar-refractivity contribution in [3.05, 3.63) is 20.8 Å². The maximum Gasteiger partial charge on any atom is 0.263 e. The summed E-state index contributed by atoms with van der Waals surface area (Å²) in [5.41, 5.74) is 1.33. The lowest BCUT2D eigenvalue weighted by Crippen LogP contribution is -3.15. The monoisotopic (exact) mass is 424 g/mol. The molecule has 2 atom stereocenters. The molecule has 2 aromatic rings. The summed E-state index contributed by atoms with van der Waals surface area (Å²) in [7, 11) is 0. The van der Waals surface area contributed by atoms with Gasteiger partial charge in [0.25, 0.3) is 5.56 Å². The van der Waals surface area contributed by atoms with Crippen molar-refractivity contribution >= 4 is 33.3 Å². The van der Waals surface area contributed by atoms with Gasteiger partial charge in [0.2, 0.25) is 0 Å². The van der Waals surface area contributed by atoms with Gasteiger partial charge >= 0.3 is 0 Å². The van der Waals surface area contributed by atoms with E-state index in [1.807, 2.05) is 6.92 Å². The quantitative estimate of drug-likeness (QED) is 0.534. The first kappa shape index (κ1) is 20.3. The fourth-order valence-corrected chi connectivity index (χ4v) is 6.63. The number of aliphatic hydroxyl groups excluding tert-OH is 1. The van der Waals surface area contributed by atoms with Gasteiger partial charge in [0.1, 0.15) is 30.6 Å². The lowest BCUT2D eigenvalue weighted by molar-refractivity contribution is -0.910. The first-order valence-corrected chi connectivity index (χ1v) is 12.1. The highest BCUT2D eigenvalue weighted by molar-refractivity contribution is 7.99. The molecule has 0 unspecified atom stereocenters. The van der Waals surface area contributed by atoms with Crippen LogP contribution in [0.3, 0.4) is 0 Å². The minimum Gasteiger partial charge on any atom is -0.386 e. The third-order valence-electron chi connectivity index (χ3n) is 5.83. The summed E-state index contributed by atoms with van der Waals surface area (Å²) < 4.78 is 7.17. The average Bonchev–Trinajstić information content (AvgIpc) is 3.04. The van der Waals surface area contributed by atoms with E-state index in [-0.39, 0.29) is 5.56 Å². The minimum atomic E-state index is -0.409. The Morgan fingerprint density at radius 2 is 2.21 bits per heavy atom. The maximum absolute atomic E-state index is 13.2. The third kappa shape index (κ3) is 4.16. The number of aromatic nitrogens is 2. The Kier molecular flexibility index (Phi) is 6.42. The van der Waals surface area contributed by atoms with Gasteiger partial charge in [0.15, 0.2) is 5.16 Å². The number of hydrogen-bond donors (Lipinski definition) is 2. The Balaban J connectivity index is 1.54. The molecule has 0 saturated carbocycles. The molecule has 3 heterocycles. The minimum absolute atomic E-state index is 0.0929. The second kappa shape index (κ2) is 8.83. The van der Waals surface area contributed by atoms with Crippen molar-refractivity contribution in [2.24, 2.45) is 5.92 Å². The first-order chi connectivity index (χ1) is 13.6. The largest absolute Gasteiger partial charge is 0.386 e. The summed E-state index contributed by atoms with van der Waals surface area (Å²) in [5.74, 6) is 1.24. The Bertz CT molecular complexity index is 889. The molecule has 2 N–H and O–H groups in total. The number of aliphatic hydroxyl groups is 1. The van der Waals surface area contributed by atoms with Crippen LogP contribution < -0.4 is 10.5 Å². The molecule has 2 aliphatic rings. The van der Waals surface area contributed by atoms with Crippen molar-refractivity contribution in [1.29, 1.82) is 0 Å². The number of quaternary nitrogens is 1. The summed E-state index contributed by atoms with van der Waals surface area (Å²) in [5, 5.41) is 12.1. The van der Waals surface area contributed by atoms with Crippen LogP contribution in [0.25, 0.3) is 10.2 Å². The van der Waals surface area contributed by atoms with Crippen LogP contribution in [0.4, 0.5) is 0 Å². The molecule has 4 rings (SSSR count). The van der Waals surface area contributed by atoms with E-state index in [4.69, 9.17) is 9.72 Å². The SMILES string of the molecule is CCn1c(SC[C@@H](O)C[NH+]2CCOCC2)nc2sc3c(c2c1=O)CC[C@@H](C)C3. The Hall–Kier alpha value is -0.930. The van der Waals surface area contributed by atoms with Gasteiger partial charge in [-0.05, 0) is 37.7 Å². The summed E-state index contributed by atoms with van der Waals surface area (Å²) in [6, 6.07) is 0. The molecule has 28 heavy (non-hydrogen) atoms. The number of morpholine rings is 1. The first-order valence-electron chi connectivity index (χ1n) is 10.3. The van der Waals surface area contributed by atoms with Gasteiger partial charge in [0, 0.05) is 17.2 Å². The molecule has 0 aromatic carbocycles. The van der Waals surface area contributed by atoms with Crippen molar-refractivity contribution in [3.63, 3.8) is 0 Å². The molecule has 0 bridgehead atoms. The topological polar surface area (TPSA) is 68.8 Å². The number of fused-ring (bicyclic) bond motifs is 3. The van der Waals surface area contributed by atoms with Gasteiger partial charge in [-0.15, -0.1) is 11.3 Å². The molecule has 1 saturated heterocycles. The van der Waals surface area contributed by atoms with Crippen molar-refractivity contribution in [2.75, 3.05) is 38.6 Å². The number of rotatable bonds is 6. The number of aryl methyl sites for hydroxylation is 1. The van der Waals surface area contributed by atoms with Crippen molar-refractivity contribution < 1.29 is 14.7 Å². The van der Waals surface area contributed by atoms with Gasteiger partial charge in [-0.1, -0.05) is 18.7 Å². The van der Waals surface area contributed by atoms with Gasteiger partial charge in [-0.3, -0.25) is 9.36 Å². The van der Waals surface area contributed by atoms with Crippen LogP contribution in [0, 0.1) is 5.92 Å². The fraction of sp³-hybridized carbons (Fsp3) is 0.700. The average molecular weight is 425 g/mol. The highest BCUT2D eigenvalue weighted by atomic mass is 32.2. The molecule has 0 amide bonds. The lowest BCUT2D eigenvalue weighted by atomic mass is 9.89. The van der Waals surface area contributed by atoms with Gasteiger partial charge in [-0.2, -0.15) is 0 Å². The van der Waals surface area contributed by atoms with E-state index in [1.165, 1.54) is 27.1 Å². The van der Waals surface area contributed by atoms with Crippen LogP contribution >= 0.6 is 23.1 Å². The molecule has 154 valence electrons. The van der Waals surface area contributed by atoms with E-state index in [0.29, 0.717) is 18.2 Å². The van der Waals surface area contributed by atoms with Crippen LogP contribution in [0.5, 0.6) is 0 Å². The standard InChI is InChI=1S/C20H29N3O3S2/c1-3-23-19(25)17-15-5-4-13(2)10-16(15)28-18(17)21-20(23)27-12-14(24)11-22-6-8-26-9-7-22/h13-14,24H,3-12H2,1-2H3/p+1/t13-,14+/m1/s1. The van der Waals surface area contributed by atoms with E-state index >= 15 is 0 Å². The summed E-state index contributed by atoms with van der Waals surface area (Å²) >= 11 is 3.20. The zero-order chi connectivity index (χ0) is 19.7. The van der Waals surface area contributed by atoms with Crippen molar-refractivity contribution in [2.45, 2.75) is 50.9 Å². The summed E-state index contributed by atoms with van der Waals surface area (Å²) in [4.78, 5) is 21.7. The van der Waals surface area contributed by atoms with Crippen molar-refractivity contribution in [1.82, 2.24) is 9.55 Å². The number of hydrogen-bond acceptors (Lipinski definition) is 6. The zero-order valence-corrected chi connectivity index (χ0v) is 18.3. The molecule has 2 aromatic heterocycles. The van der Waals surface area contributed by atoms with Crippen LogP contribution in [0.1, 0.15) is 30.7 Å². The summed E-state index contributed by atoms with van der Waals surface area (Å²) in [6.07, 6.45) is 2.79. The maximum atomic E-state index is 13.2. The highest BCUT2D eigenvalue weighted by Crippen LogP contribution is 2.36. The highest BCUT2D eigenvalue weighted by Gasteiger charge is 2.25. The number of nitrogens with zero attached hydrogens (tertiary/aromatic N) is 2. The van der Waals surface area contributed by atoms with Gasteiger partial charge in [-0.25, -0.2) is 4.98 Å². The Morgan fingerprint density at radius 3 is 2.96 bits per heavy atom. The van der Waals surface area contributed by atoms with Crippen molar-refractivity contribution in [3.8, 4) is 0 Å². The fourth-order valence-electron chi connectivity index (χ4n) is 4.22. The normalized spacial score (nSPS) is 21.8. The van der Waals surface area contributed by atoms with E-state index in [2.05, 4.69) is 6.92 Å². The molecule has 0 spiro atoms. The van der Waals surface area contributed by atoms with Crippen LogP contribution in [0.15, 0.2) is 9.95 Å². The van der Waals surface area contributed by atoms with Crippen LogP contribution in [-0.2, 0) is 24.1 Å². The van der Waals surface area contributed by atoms with E-state index in [0.717, 1.165) is 67.5 Å².